The molecule has 0 N–H and O–H groups in total. The van der Waals surface area contributed by atoms with Crippen molar-refractivity contribution in [2.24, 2.45) is 0 Å². The molecule has 5 heteroatoms. The Morgan fingerprint density at radius 3 is 2.53 bits per heavy atom. The third-order valence-electron chi connectivity index (χ3n) is 3.14. The summed E-state index contributed by atoms with van der Waals surface area (Å²) < 4.78 is 7.61. The Morgan fingerprint density at radius 1 is 1.37 bits per heavy atom. The first-order valence-electron chi connectivity index (χ1n) is 6.88. The summed E-state index contributed by atoms with van der Waals surface area (Å²) in [6, 6.07) is 1.39. The van der Waals surface area contributed by atoms with Gasteiger partial charge in [0.15, 0.2) is 0 Å². The topological polar surface area (TPSA) is 9.23 Å². The largest absolute Gasteiger partial charge is 1.00 e. The van der Waals surface area contributed by atoms with Crippen molar-refractivity contribution in [1.82, 2.24) is 0 Å². The van der Waals surface area contributed by atoms with Gasteiger partial charge in [0, 0.05) is 0 Å². The monoisotopic (exact) mass is 355 g/mol. The molecule has 0 saturated carbocycles. The van der Waals surface area contributed by atoms with Crippen LogP contribution >= 0.6 is 0 Å². The maximum Gasteiger partial charge on any atom is -1.00 e. The molecule has 109 valence electrons. The van der Waals surface area contributed by atoms with Gasteiger partial charge in [-0.15, -0.1) is 0 Å². The summed E-state index contributed by atoms with van der Waals surface area (Å²) in [5.41, 5.74) is 1.47. The molecule has 19 heavy (non-hydrogen) atoms. The van der Waals surface area contributed by atoms with Gasteiger partial charge in [-0.05, 0) is 0 Å². The minimum absolute atomic E-state index is 0. The smallest absolute Gasteiger partial charge is 1.00 e. The third kappa shape index (κ3) is 8.75. The van der Waals surface area contributed by atoms with E-state index in [-0.39, 0.29) is 24.8 Å². The van der Waals surface area contributed by atoms with Crippen LogP contribution in [0.4, 0.5) is 0 Å². The second kappa shape index (κ2) is 12.7. The van der Waals surface area contributed by atoms with Crippen LogP contribution in [0.2, 0.25) is 19.1 Å². The molecule has 1 unspecified atom stereocenters. The van der Waals surface area contributed by atoms with E-state index >= 15 is 0 Å². The number of hydrogen-bond acceptors (Lipinski definition) is 1. The van der Waals surface area contributed by atoms with Gasteiger partial charge >= 0.3 is 120 Å². The number of allylic oxidation sites excluding steroid dienone is 2. The van der Waals surface area contributed by atoms with E-state index in [2.05, 4.69) is 52.6 Å². The van der Waals surface area contributed by atoms with Gasteiger partial charge in [0.25, 0.3) is 0 Å². The zero-order valence-electron chi connectivity index (χ0n) is 12.2. The number of hydrogen-bond donors (Lipinski definition) is 0. The van der Waals surface area contributed by atoms with E-state index < -0.39 is 8.80 Å². The summed E-state index contributed by atoms with van der Waals surface area (Å²) in [5, 5.41) is 0. The van der Waals surface area contributed by atoms with Gasteiger partial charge in [-0.3, -0.25) is 0 Å². The maximum atomic E-state index is 6.10. The molecule has 0 heterocycles. The summed E-state index contributed by atoms with van der Waals surface area (Å²) in [4.78, 5) is 0. The van der Waals surface area contributed by atoms with Crippen molar-refractivity contribution in [3.8, 4) is 0 Å². The van der Waals surface area contributed by atoms with Crippen molar-refractivity contribution in [2.45, 2.75) is 57.8 Å². The standard InChI is InChI=1S/C14H25OSi.2ClH.Ti/c1-4-5-11-15-14(10-12-16(2)3)13-8-6-7-9-13;;;/h6,8,14,16H,4-5,7,10-12H2,1-3H3;2*1H;/q;;;+2/p-2. The van der Waals surface area contributed by atoms with E-state index in [1.54, 1.807) is 0 Å². The van der Waals surface area contributed by atoms with Gasteiger partial charge in [0.05, 0.1) is 0 Å². The molecule has 0 aromatic heterocycles. The Hall–Kier alpha value is 0.951. The van der Waals surface area contributed by atoms with Gasteiger partial charge in [-0.2, -0.15) is 0 Å². The summed E-state index contributed by atoms with van der Waals surface area (Å²) >= 11 is 2.25. The molecule has 0 aromatic rings. The zero-order chi connectivity index (χ0) is 12.7. The van der Waals surface area contributed by atoms with Crippen molar-refractivity contribution in [2.75, 3.05) is 6.61 Å². The molecule has 0 amide bonds. The first-order chi connectivity index (χ1) is 8.15. The van der Waals surface area contributed by atoms with Crippen LogP contribution in [0.25, 0.3) is 0 Å². The van der Waals surface area contributed by atoms with Crippen molar-refractivity contribution in [3.05, 3.63) is 21.6 Å². The van der Waals surface area contributed by atoms with Crippen molar-refractivity contribution >= 4 is 8.80 Å². The summed E-state index contributed by atoms with van der Waals surface area (Å²) in [7, 11) is -0.458. The Bertz CT molecular complexity index is 293. The van der Waals surface area contributed by atoms with Crippen LogP contribution in [0, 0.1) is 0 Å². The summed E-state index contributed by atoms with van der Waals surface area (Å²) in [5.74, 6) is 0. The molecule has 1 aliphatic rings. The molecular formula is C14H25Cl2OSiTi. The molecule has 0 aliphatic heterocycles. The Kier molecular flexibility index (Phi) is 14.8. The average Bonchev–Trinajstić information content (AvgIpc) is 2.69. The maximum absolute atomic E-state index is 6.10. The Balaban J connectivity index is 0. The number of ether oxygens (including phenoxy) is 1. The fraction of sp³-hybridized carbons (Fsp3) is 0.714. The van der Waals surface area contributed by atoms with Gasteiger partial charge in [-0.25, -0.2) is 0 Å². The van der Waals surface area contributed by atoms with Crippen LogP contribution in [0.1, 0.15) is 32.6 Å². The van der Waals surface area contributed by atoms with E-state index in [1.165, 1.54) is 34.8 Å². The third-order valence-corrected chi connectivity index (χ3v) is 5.40. The number of unbranched alkanes of at least 4 members (excludes halogenated alkanes) is 1. The molecule has 0 saturated heterocycles. The normalized spacial score (nSPS) is 15.5. The quantitative estimate of drug-likeness (QED) is 0.355. The minimum Gasteiger partial charge on any atom is -1.00 e. The molecule has 0 radical (unpaired) electrons. The Labute approximate surface area is 144 Å². The predicted molar refractivity (Wildman–Crippen MR) is 73.7 cm³/mol. The second-order valence-electron chi connectivity index (χ2n) is 5.22. The SMILES string of the molecule is CCCCOC(CC[SiH](C)C)C1=[C]([Ti+2])CC=C1.[Cl-].[Cl-]. The van der Waals surface area contributed by atoms with E-state index in [0.29, 0.717) is 6.10 Å². The van der Waals surface area contributed by atoms with E-state index in [0.717, 1.165) is 13.0 Å². The van der Waals surface area contributed by atoms with Gasteiger partial charge < -0.3 is 24.8 Å². The molecule has 1 aliphatic carbocycles. The zero-order valence-corrected chi connectivity index (χ0v) is 16.4. The minimum atomic E-state index is -0.458. The molecule has 0 spiro atoms. The molecule has 1 nitrogen and oxygen atoms in total. The second-order valence-corrected chi connectivity index (χ2v) is 9.53. The van der Waals surface area contributed by atoms with E-state index in [1.807, 2.05) is 0 Å². The molecular weight excluding hydrogens is 331 g/mol. The molecule has 0 bridgehead atoms. The van der Waals surface area contributed by atoms with Crippen molar-refractivity contribution < 1.29 is 50.0 Å². The van der Waals surface area contributed by atoms with E-state index in [9.17, 15) is 0 Å². The van der Waals surface area contributed by atoms with E-state index in [4.69, 9.17) is 4.74 Å². The van der Waals surface area contributed by atoms with Crippen LogP contribution in [0.3, 0.4) is 0 Å². The summed E-state index contributed by atoms with van der Waals surface area (Å²) in [6.07, 6.45) is 9.69. The van der Waals surface area contributed by atoms with Crippen molar-refractivity contribution in [3.63, 3.8) is 0 Å². The van der Waals surface area contributed by atoms with Crippen LogP contribution in [-0.2, 0) is 25.2 Å². The fourth-order valence-corrected chi connectivity index (χ4v) is 3.54. The van der Waals surface area contributed by atoms with Crippen LogP contribution in [-0.4, -0.2) is 21.5 Å². The fourth-order valence-electron chi connectivity index (χ4n) is 2.01. The van der Waals surface area contributed by atoms with Gasteiger partial charge in [0.2, 0.25) is 0 Å². The van der Waals surface area contributed by atoms with Crippen LogP contribution in [0.5, 0.6) is 0 Å². The molecule has 0 aromatic carbocycles. The number of halogens is 2. The predicted octanol–water partition coefficient (Wildman–Crippen LogP) is -2.18. The van der Waals surface area contributed by atoms with Gasteiger partial charge in [-0.1, -0.05) is 0 Å². The first-order valence-corrected chi connectivity index (χ1v) is 10.8. The van der Waals surface area contributed by atoms with Gasteiger partial charge in [0.1, 0.15) is 0 Å². The molecule has 1 rings (SSSR count). The first kappa shape index (κ1) is 22.2. The number of rotatable bonds is 8. The summed E-state index contributed by atoms with van der Waals surface area (Å²) in [6.45, 7) is 7.99. The Morgan fingerprint density at radius 2 is 2.05 bits per heavy atom. The molecule has 0 fully saturated rings. The average molecular weight is 356 g/mol. The van der Waals surface area contributed by atoms with Crippen molar-refractivity contribution in [1.29, 1.82) is 0 Å². The van der Waals surface area contributed by atoms with Crippen LogP contribution in [0.15, 0.2) is 21.6 Å². The van der Waals surface area contributed by atoms with Crippen LogP contribution < -0.4 is 24.8 Å². The molecule has 1 atom stereocenters.